The van der Waals surface area contributed by atoms with Crippen LogP contribution in [-0.4, -0.2) is 37.9 Å². The van der Waals surface area contributed by atoms with E-state index < -0.39 is 15.6 Å². The van der Waals surface area contributed by atoms with Crippen LogP contribution >= 0.6 is 11.3 Å². The van der Waals surface area contributed by atoms with E-state index in [2.05, 4.69) is 9.71 Å². The van der Waals surface area contributed by atoms with Crippen LogP contribution in [0, 0.1) is 0 Å². The van der Waals surface area contributed by atoms with Crippen molar-refractivity contribution in [3.63, 3.8) is 0 Å². The van der Waals surface area contributed by atoms with Crippen LogP contribution in [0.3, 0.4) is 0 Å². The zero-order valence-electron chi connectivity index (χ0n) is 11.8. The first-order valence-corrected chi connectivity index (χ1v) is 8.79. The summed E-state index contributed by atoms with van der Waals surface area (Å²) in [5, 5.41) is 2.82. The van der Waals surface area contributed by atoms with Crippen LogP contribution in [0.5, 0.6) is 0 Å². The Balaban J connectivity index is 2.51. The van der Waals surface area contributed by atoms with Gasteiger partial charge in [0.15, 0.2) is 0 Å². The summed E-state index contributed by atoms with van der Waals surface area (Å²) in [6.07, 6.45) is 1.73. The number of thiazole rings is 1. The van der Waals surface area contributed by atoms with Crippen molar-refractivity contribution in [3.8, 4) is 0 Å². The van der Waals surface area contributed by atoms with Crippen molar-refractivity contribution in [2.75, 3.05) is 18.9 Å². The SMILES string of the molecule is CCOC(C)(C)CS(=O)(=O)NC[C@H](C)c1nccs1. The van der Waals surface area contributed by atoms with Crippen molar-refractivity contribution in [1.29, 1.82) is 0 Å². The van der Waals surface area contributed by atoms with Gasteiger partial charge in [-0.3, -0.25) is 0 Å². The van der Waals surface area contributed by atoms with E-state index in [1.165, 1.54) is 11.3 Å². The highest BCUT2D eigenvalue weighted by atomic mass is 32.2. The molecule has 7 heteroatoms. The number of rotatable bonds is 8. The molecule has 110 valence electrons. The summed E-state index contributed by atoms with van der Waals surface area (Å²) in [4.78, 5) is 4.18. The van der Waals surface area contributed by atoms with Crippen LogP contribution in [0.25, 0.3) is 0 Å². The number of aromatic nitrogens is 1. The minimum absolute atomic E-state index is 0.0432. The van der Waals surface area contributed by atoms with Crippen molar-refractivity contribution in [1.82, 2.24) is 9.71 Å². The minimum Gasteiger partial charge on any atom is -0.375 e. The molecule has 0 aliphatic heterocycles. The molecule has 1 aromatic rings. The number of ether oxygens (including phenoxy) is 1. The number of hydrogen-bond donors (Lipinski definition) is 1. The van der Waals surface area contributed by atoms with Gasteiger partial charge in [-0.2, -0.15) is 0 Å². The first kappa shape index (κ1) is 16.6. The smallest absolute Gasteiger partial charge is 0.214 e. The van der Waals surface area contributed by atoms with Crippen molar-refractivity contribution in [2.45, 2.75) is 39.2 Å². The second-order valence-corrected chi connectivity index (χ2v) is 7.80. The molecule has 5 nitrogen and oxygen atoms in total. The Bertz CT molecular complexity index is 469. The van der Waals surface area contributed by atoms with Crippen molar-refractivity contribution >= 4 is 21.4 Å². The number of sulfonamides is 1. The standard InChI is InChI=1S/C12H22N2O3S2/c1-5-17-12(3,4)9-19(15,16)14-8-10(2)11-13-6-7-18-11/h6-7,10,14H,5,8-9H2,1-4H3/t10-/m0/s1. The number of nitrogens with zero attached hydrogens (tertiary/aromatic N) is 1. The molecular weight excluding hydrogens is 284 g/mol. The topological polar surface area (TPSA) is 68.3 Å². The first-order chi connectivity index (χ1) is 8.76. The number of nitrogens with one attached hydrogen (secondary N) is 1. The third-order valence-electron chi connectivity index (χ3n) is 2.56. The van der Waals surface area contributed by atoms with Gasteiger partial charge in [-0.1, -0.05) is 6.92 Å². The molecule has 0 amide bonds. The fourth-order valence-corrected chi connectivity index (χ4v) is 4.06. The van der Waals surface area contributed by atoms with Gasteiger partial charge in [0.2, 0.25) is 10.0 Å². The highest BCUT2D eigenvalue weighted by Crippen LogP contribution is 2.17. The monoisotopic (exact) mass is 306 g/mol. The normalized spacial score (nSPS) is 14.5. The van der Waals surface area contributed by atoms with E-state index in [1.54, 1.807) is 20.0 Å². The average molecular weight is 306 g/mol. The lowest BCUT2D eigenvalue weighted by atomic mass is 10.2. The molecule has 1 heterocycles. The molecule has 1 N–H and O–H groups in total. The van der Waals surface area contributed by atoms with E-state index in [4.69, 9.17) is 4.74 Å². The second-order valence-electron chi connectivity index (χ2n) is 5.07. The predicted octanol–water partition coefficient (Wildman–Crippen LogP) is 1.98. The molecule has 1 atom stereocenters. The molecule has 0 saturated carbocycles. The summed E-state index contributed by atoms with van der Waals surface area (Å²) in [5.74, 6) is 0.0308. The predicted molar refractivity (Wildman–Crippen MR) is 78.0 cm³/mol. The minimum atomic E-state index is -3.35. The number of hydrogen-bond acceptors (Lipinski definition) is 5. The zero-order valence-corrected chi connectivity index (χ0v) is 13.5. The van der Waals surface area contributed by atoms with Gasteiger partial charge in [-0.15, -0.1) is 11.3 Å². The first-order valence-electron chi connectivity index (χ1n) is 6.26. The highest BCUT2D eigenvalue weighted by molar-refractivity contribution is 7.89. The molecule has 0 saturated heterocycles. The molecule has 0 radical (unpaired) electrons. The van der Waals surface area contributed by atoms with Gasteiger partial charge >= 0.3 is 0 Å². The second kappa shape index (κ2) is 6.78. The summed E-state index contributed by atoms with van der Waals surface area (Å²) in [5.41, 5.74) is -0.676. The van der Waals surface area contributed by atoms with Crippen LogP contribution in [-0.2, 0) is 14.8 Å². The maximum absolute atomic E-state index is 12.0. The molecule has 0 unspecified atom stereocenters. The lowest BCUT2D eigenvalue weighted by Crippen LogP contribution is -2.40. The van der Waals surface area contributed by atoms with Gasteiger partial charge in [0.05, 0.1) is 16.4 Å². The Morgan fingerprint density at radius 1 is 1.53 bits per heavy atom. The molecule has 19 heavy (non-hydrogen) atoms. The van der Waals surface area contributed by atoms with Gasteiger partial charge in [0.25, 0.3) is 0 Å². The summed E-state index contributed by atoms with van der Waals surface area (Å²) >= 11 is 1.53. The lowest BCUT2D eigenvalue weighted by molar-refractivity contribution is 0.00781. The average Bonchev–Trinajstić information content (AvgIpc) is 2.77. The van der Waals surface area contributed by atoms with E-state index >= 15 is 0 Å². The molecular formula is C12H22N2O3S2. The van der Waals surface area contributed by atoms with Gasteiger partial charge in [0, 0.05) is 30.6 Å². The summed E-state index contributed by atoms with van der Waals surface area (Å²) in [6.45, 7) is 8.22. The Morgan fingerprint density at radius 3 is 2.74 bits per heavy atom. The van der Waals surface area contributed by atoms with Crippen LogP contribution in [0.2, 0.25) is 0 Å². The summed E-state index contributed by atoms with van der Waals surface area (Å²) in [6, 6.07) is 0. The van der Waals surface area contributed by atoms with Crippen molar-refractivity contribution in [2.24, 2.45) is 0 Å². The molecule has 0 bridgehead atoms. The molecule has 1 aromatic heterocycles. The Kier molecular flexibility index (Phi) is 5.91. The van der Waals surface area contributed by atoms with Crippen LogP contribution < -0.4 is 4.72 Å². The maximum Gasteiger partial charge on any atom is 0.214 e. The molecule has 0 spiro atoms. The van der Waals surface area contributed by atoms with Gasteiger partial charge < -0.3 is 4.74 Å². The van der Waals surface area contributed by atoms with Crippen LogP contribution in [0.4, 0.5) is 0 Å². The third kappa shape index (κ3) is 5.99. The molecule has 0 aliphatic rings. The zero-order chi connectivity index (χ0) is 14.5. The molecule has 0 aliphatic carbocycles. The van der Waals surface area contributed by atoms with E-state index in [0.29, 0.717) is 13.2 Å². The van der Waals surface area contributed by atoms with Gasteiger partial charge in [-0.05, 0) is 20.8 Å². The quantitative estimate of drug-likeness (QED) is 0.797. The Hall–Kier alpha value is -0.500. The third-order valence-corrected chi connectivity index (χ3v) is 5.24. The van der Waals surface area contributed by atoms with E-state index in [0.717, 1.165) is 5.01 Å². The molecule has 0 fully saturated rings. The Labute approximate surface area is 119 Å². The van der Waals surface area contributed by atoms with E-state index in [1.807, 2.05) is 19.2 Å². The largest absolute Gasteiger partial charge is 0.375 e. The van der Waals surface area contributed by atoms with Crippen molar-refractivity contribution < 1.29 is 13.2 Å². The Morgan fingerprint density at radius 2 is 2.21 bits per heavy atom. The maximum atomic E-state index is 12.0. The van der Waals surface area contributed by atoms with Gasteiger partial charge in [-0.25, -0.2) is 18.1 Å². The van der Waals surface area contributed by atoms with E-state index in [9.17, 15) is 8.42 Å². The van der Waals surface area contributed by atoms with Crippen LogP contribution in [0.15, 0.2) is 11.6 Å². The summed E-state index contributed by atoms with van der Waals surface area (Å²) in [7, 11) is -3.35. The van der Waals surface area contributed by atoms with Crippen molar-refractivity contribution in [3.05, 3.63) is 16.6 Å². The lowest BCUT2D eigenvalue weighted by Gasteiger charge is -2.24. The molecule has 0 aromatic carbocycles. The fourth-order valence-electron chi connectivity index (χ4n) is 1.76. The van der Waals surface area contributed by atoms with Crippen LogP contribution in [0.1, 0.15) is 38.6 Å². The molecule has 1 rings (SSSR count). The summed E-state index contributed by atoms with van der Waals surface area (Å²) < 4.78 is 32.0. The van der Waals surface area contributed by atoms with Gasteiger partial charge in [0.1, 0.15) is 0 Å². The highest BCUT2D eigenvalue weighted by Gasteiger charge is 2.26. The van der Waals surface area contributed by atoms with E-state index in [-0.39, 0.29) is 11.7 Å². The fraction of sp³-hybridized carbons (Fsp3) is 0.750.